The van der Waals surface area contributed by atoms with Crippen molar-refractivity contribution in [3.05, 3.63) is 89.3 Å². The molecule has 146 valence electrons. The first-order chi connectivity index (χ1) is 14.1. The summed E-state index contributed by atoms with van der Waals surface area (Å²) in [5.74, 6) is -1.54. The zero-order chi connectivity index (χ0) is 20.4. The Labute approximate surface area is 167 Å². The second-order valence-corrected chi connectivity index (χ2v) is 6.94. The van der Waals surface area contributed by atoms with Gasteiger partial charge in [-0.05, 0) is 19.1 Å². The first-order valence-corrected chi connectivity index (χ1v) is 9.30. The molecule has 7 heteroatoms. The van der Waals surface area contributed by atoms with Gasteiger partial charge in [0.05, 0.1) is 17.6 Å². The maximum atomic E-state index is 12.9. The van der Waals surface area contributed by atoms with Crippen LogP contribution in [0.25, 0.3) is 5.76 Å². The van der Waals surface area contributed by atoms with Crippen molar-refractivity contribution in [2.45, 2.75) is 19.4 Å². The number of aromatic amines is 1. The van der Waals surface area contributed by atoms with Crippen LogP contribution in [0, 0.1) is 6.92 Å². The summed E-state index contributed by atoms with van der Waals surface area (Å²) < 4.78 is 0. The molecule has 0 spiro atoms. The van der Waals surface area contributed by atoms with Gasteiger partial charge < -0.3 is 15.0 Å². The summed E-state index contributed by atoms with van der Waals surface area (Å²) in [7, 11) is 0. The van der Waals surface area contributed by atoms with Gasteiger partial charge in [0, 0.05) is 36.6 Å². The third-order valence-corrected chi connectivity index (χ3v) is 5.01. The fourth-order valence-corrected chi connectivity index (χ4v) is 3.49. The van der Waals surface area contributed by atoms with Gasteiger partial charge in [0.2, 0.25) is 0 Å². The number of aryl methyl sites for hydroxylation is 1. The zero-order valence-electron chi connectivity index (χ0n) is 15.9. The van der Waals surface area contributed by atoms with E-state index in [1.54, 1.807) is 49.1 Å². The highest BCUT2D eigenvalue weighted by Crippen LogP contribution is 2.38. The van der Waals surface area contributed by atoms with Crippen molar-refractivity contribution in [1.29, 1.82) is 0 Å². The molecule has 1 fully saturated rings. The number of likely N-dealkylation sites (tertiary alicyclic amines) is 1. The lowest BCUT2D eigenvalue weighted by Gasteiger charge is -2.24. The Morgan fingerprint density at radius 3 is 2.62 bits per heavy atom. The van der Waals surface area contributed by atoms with Gasteiger partial charge >= 0.3 is 0 Å². The number of benzene rings is 1. The van der Waals surface area contributed by atoms with Crippen molar-refractivity contribution < 1.29 is 14.7 Å². The number of H-pyrrole nitrogens is 1. The molecule has 1 aliphatic heterocycles. The first-order valence-electron chi connectivity index (χ1n) is 9.30. The topological polar surface area (TPSA) is 99.2 Å². The quantitative estimate of drug-likeness (QED) is 0.398. The number of aliphatic hydroxyl groups excluding tert-OH is 1. The highest BCUT2D eigenvalue weighted by molar-refractivity contribution is 6.46. The maximum absolute atomic E-state index is 12.9. The Bertz CT molecular complexity index is 1060. The molecule has 3 heterocycles. The number of hydrogen-bond donors (Lipinski definition) is 2. The molecule has 7 nitrogen and oxygen atoms in total. The number of nitrogens with one attached hydrogen (secondary N) is 1. The molecule has 2 aromatic heterocycles. The van der Waals surface area contributed by atoms with Gasteiger partial charge in [0.1, 0.15) is 11.8 Å². The molecule has 0 unspecified atom stereocenters. The van der Waals surface area contributed by atoms with Gasteiger partial charge in [-0.3, -0.25) is 14.6 Å². The van der Waals surface area contributed by atoms with Crippen LogP contribution in [0.5, 0.6) is 0 Å². The number of Topliss-reactive ketones (excluding diaryl/α,β-unsaturated/α-hetero) is 1. The standard InChI is InChI=1S/C22H20N4O3/c1-14-5-7-15(8-6-14)20(27)18-19(17-4-2-3-10-24-17)26(22(29)21(18)28)11-9-16-12-23-13-25-16/h2-8,10,12-13,19,27H,9,11H2,1H3,(H,23,25)/t19-/m0/s1. The molecule has 1 atom stereocenters. The number of aliphatic hydroxyl groups is 1. The summed E-state index contributed by atoms with van der Waals surface area (Å²) in [5, 5.41) is 10.9. The molecule has 29 heavy (non-hydrogen) atoms. The van der Waals surface area contributed by atoms with Gasteiger partial charge in [-0.2, -0.15) is 0 Å². The third kappa shape index (κ3) is 3.54. The van der Waals surface area contributed by atoms with Crippen LogP contribution in [0.3, 0.4) is 0 Å². The van der Waals surface area contributed by atoms with Crippen molar-refractivity contribution in [3.63, 3.8) is 0 Å². The van der Waals surface area contributed by atoms with E-state index in [4.69, 9.17) is 0 Å². The molecule has 1 saturated heterocycles. The van der Waals surface area contributed by atoms with E-state index >= 15 is 0 Å². The maximum Gasteiger partial charge on any atom is 0.295 e. The summed E-state index contributed by atoms with van der Waals surface area (Å²) in [4.78, 5) is 38.5. The predicted octanol–water partition coefficient (Wildman–Crippen LogP) is 2.78. The molecule has 0 radical (unpaired) electrons. The van der Waals surface area contributed by atoms with E-state index in [-0.39, 0.29) is 11.3 Å². The van der Waals surface area contributed by atoms with Crippen LogP contribution in [0.15, 0.2) is 66.8 Å². The highest BCUT2D eigenvalue weighted by Gasteiger charge is 2.46. The lowest BCUT2D eigenvalue weighted by Crippen LogP contribution is -2.32. The van der Waals surface area contributed by atoms with Gasteiger partial charge in [0.15, 0.2) is 0 Å². The smallest absolute Gasteiger partial charge is 0.295 e. The largest absolute Gasteiger partial charge is 0.507 e. The number of carbonyl (C=O) groups excluding carboxylic acids is 2. The molecule has 1 aromatic carbocycles. The van der Waals surface area contributed by atoms with E-state index in [0.717, 1.165) is 11.3 Å². The van der Waals surface area contributed by atoms with Crippen molar-refractivity contribution in [2.24, 2.45) is 0 Å². The van der Waals surface area contributed by atoms with Gasteiger partial charge in [-0.1, -0.05) is 35.9 Å². The summed E-state index contributed by atoms with van der Waals surface area (Å²) in [6.07, 6.45) is 5.35. The van der Waals surface area contributed by atoms with Crippen molar-refractivity contribution >= 4 is 17.4 Å². The Hall–Kier alpha value is -3.74. The number of amides is 1. The molecule has 1 aliphatic rings. The van der Waals surface area contributed by atoms with Crippen LogP contribution in [0.4, 0.5) is 0 Å². The van der Waals surface area contributed by atoms with E-state index in [9.17, 15) is 14.7 Å². The van der Waals surface area contributed by atoms with E-state index in [1.165, 1.54) is 4.90 Å². The van der Waals surface area contributed by atoms with Crippen LogP contribution < -0.4 is 0 Å². The minimum absolute atomic E-state index is 0.0576. The molecule has 0 bridgehead atoms. The molecular weight excluding hydrogens is 368 g/mol. The highest BCUT2D eigenvalue weighted by atomic mass is 16.3. The molecular formula is C22H20N4O3. The lowest BCUT2D eigenvalue weighted by atomic mass is 9.98. The fourth-order valence-electron chi connectivity index (χ4n) is 3.49. The first kappa shape index (κ1) is 18.6. The van der Waals surface area contributed by atoms with E-state index < -0.39 is 17.7 Å². The summed E-state index contributed by atoms with van der Waals surface area (Å²) >= 11 is 0. The van der Waals surface area contributed by atoms with Crippen molar-refractivity contribution in [2.75, 3.05) is 6.54 Å². The van der Waals surface area contributed by atoms with Crippen LogP contribution in [-0.2, 0) is 16.0 Å². The second kappa shape index (κ2) is 7.71. The van der Waals surface area contributed by atoms with E-state index in [0.29, 0.717) is 24.2 Å². The minimum atomic E-state index is -0.750. The van der Waals surface area contributed by atoms with Crippen LogP contribution in [-0.4, -0.2) is 43.2 Å². The zero-order valence-corrected chi connectivity index (χ0v) is 15.9. The normalized spacial score (nSPS) is 18.4. The molecule has 0 saturated carbocycles. The number of pyridine rings is 1. The Balaban J connectivity index is 1.78. The number of nitrogens with zero attached hydrogens (tertiary/aromatic N) is 3. The SMILES string of the molecule is Cc1ccc(C(O)=C2C(=O)C(=O)N(CCc3cnc[nH]3)[C@H]2c2ccccn2)cc1. The molecule has 2 N–H and O–H groups in total. The Morgan fingerprint density at radius 2 is 1.97 bits per heavy atom. The number of ketones is 1. The van der Waals surface area contributed by atoms with E-state index in [2.05, 4.69) is 15.0 Å². The molecule has 3 aromatic rings. The third-order valence-electron chi connectivity index (χ3n) is 5.01. The van der Waals surface area contributed by atoms with Gasteiger partial charge in [-0.25, -0.2) is 4.98 Å². The predicted molar refractivity (Wildman–Crippen MR) is 107 cm³/mol. The van der Waals surface area contributed by atoms with Crippen LogP contribution in [0.2, 0.25) is 0 Å². The summed E-state index contributed by atoms with van der Waals surface area (Å²) in [6, 6.07) is 11.7. The number of aromatic nitrogens is 3. The Kier molecular flexibility index (Phi) is 4.95. The molecule has 0 aliphatic carbocycles. The molecule has 4 rings (SSSR count). The van der Waals surface area contributed by atoms with E-state index in [1.807, 2.05) is 19.1 Å². The average Bonchev–Trinajstić information content (AvgIpc) is 3.34. The monoisotopic (exact) mass is 388 g/mol. The number of imidazole rings is 1. The van der Waals surface area contributed by atoms with Crippen molar-refractivity contribution in [3.8, 4) is 0 Å². The fraction of sp³-hybridized carbons (Fsp3) is 0.182. The minimum Gasteiger partial charge on any atom is -0.507 e. The number of rotatable bonds is 5. The lowest BCUT2D eigenvalue weighted by molar-refractivity contribution is -0.139. The second-order valence-electron chi connectivity index (χ2n) is 6.94. The average molecular weight is 388 g/mol. The Morgan fingerprint density at radius 1 is 1.17 bits per heavy atom. The van der Waals surface area contributed by atoms with Crippen LogP contribution in [0.1, 0.15) is 28.6 Å². The van der Waals surface area contributed by atoms with Gasteiger partial charge in [0.25, 0.3) is 11.7 Å². The van der Waals surface area contributed by atoms with Crippen LogP contribution >= 0.6 is 0 Å². The number of carbonyl (C=O) groups is 2. The van der Waals surface area contributed by atoms with Crippen molar-refractivity contribution in [1.82, 2.24) is 19.9 Å². The number of hydrogen-bond acceptors (Lipinski definition) is 5. The van der Waals surface area contributed by atoms with Gasteiger partial charge in [-0.15, -0.1) is 0 Å². The summed E-state index contributed by atoms with van der Waals surface area (Å²) in [5.41, 5.74) is 2.96. The summed E-state index contributed by atoms with van der Waals surface area (Å²) in [6.45, 7) is 2.23. The molecule has 1 amide bonds.